The van der Waals surface area contributed by atoms with Crippen LogP contribution in [0.2, 0.25) is 0 Å². The van der Waals surface area contributed by atoms with Gasteiger partial charge in [-0.25, -0.2) is 9.59 Å². The van der Waals surface area contributed by atoms with Gasteiger partial charge in [-0.1, -0.05) is 30.3 Å². The first-order valence-electron chi connectivity index (χ1n) is 10.0. The van der Waals surface area contributed by atoms with Crippen molar-refractivity contribution in [3.63, 3.8) is 0 Å². The second-order valence-electron chi connectivity index (χ2n) is 8.38. The van der Waals surface area contributed by atoms with Gasteiger partial charge in [0.15, 0.2) is 0 Å². The maximum atomic E-state index is 12.3. The van der Waals surface area contributed by atoms with Crippen molar-refractivity contribution >= 4 is 17.9 Å². The summed E-state index contributed by atoms with van der Waals surface area (Å²) in [5, 5.41) is 16.3. The van der Waals surface area contributed by atoms with Crippen LogP contribution in [0, 0.1) is 5.41 Å². The highest BCUT2D eigenvalue weighted by Crippen LogP contribution is 2.54. The van der Waals surface area contributed by atoms with Gasteiger partial charge in [0.2, 0.25) is 0 Å². The Labute approximate surface area is 174 Å². The molecule has 2 amide bonds. The molecule has 2 heterocycles. The van der Waals surface area contributed by atoms with Crippen molar-refractivity contribution in [1.29, 1.82) is 0 Å². The van der Waals surface area contributed by atoms with Crippen molar-refractivity contribution in [2.24, 2.45) is 5.41 Å². The molecule has 2 aliphatic rings. The van der Waals surface area contributed by atoms with Crippen LogP contribution in [0.25, 0.3) is 0 Å². The summed E-state index contributed by atoms with van der Waals surface area (Å²) < 4.78 is 12.9. The smallest absolute Gasteiger partial charge is 0.412 e. The van der Waals surface area contributed by atoms with Crippen LogP contribution in [-0.2, 0) is 11.3 Å². The van der Waals surface area contributed by atoms with Gasteiger partial charge < -0.3 is 19.5 Å². The van der Waals surface area contributed by atoms with E-state index < -0.39 is 12.2 Å². The van der Waals surface area contributed by atoms with Gasteiger partial charge in [-0.2, -0.15) is 0 Å². The zero-order chi connectivity index (χ0) is 21.3. The number of carboxylic acid groups (broad SMARTS) is 1. The third-order valence-corrected chi connectivity index (χ3v) is 5.53. The zero-order valence-electron chi connectivity index (χ0n) is 17.1. The molecule has 30 heavy (non-hydrogen) atoms. The zero-order valence-corrected chi connectivity index (χ0v) is 17.1. The minimum Gasteiger partial charge on any atom is -0.472 e. The average Bonchev–Trinajstić information content (AvgIpc) is 2.99. The summed E-state index contributed by atoms with van der Waals surface area (Å²) in [7, 11) is 0. The predicted octanol–water partition coefficient (Wildman–Crippen LogP) is 3.73. The van der Waals surface area contributed by atoms with Gasteiger partial charge >= 0.3 is 12.2 Å². The number of benzene rings is 1. The number of ether oxygens (including phenoxy) is 2. The SMILES string of the molecule is CC(C)Oc1nn(C2CC3(C2)CN(C(=O)O)C3)cc1NC(=O)OCc1ccccc1. The van der Waals surface area contributed by atoms with Crippen molar-refractivity contribution in [3.8, 4) is 5.88 Å². The van der Waals surface area contributed by atoms with Crippen molar-refractivity contribution < 1.29 is 24.2 Å². The fourth-order valence-electron chi connectivity index (χ4n) is 4.11. The van der Waals surface area contributed by atoms with Crippen LogP contribution in [0.1, 0.15) is 38.3 Å². The molecule has 0 atom stereocenters. The Morgan fingerprint density at radius 3 is 2.60 bits per heavy atom. The molecule has 1 aliphatic heterocycles. The standard InChI is InChI=1S/C21H26N4O5/c1-14(2)30-18-17(22-19(26)29-11-15-6-4-3-5-7-15)10-25(23-18)16-8-21(9-16)12-24(13-21)20(27)28/h3-7,10,14,16H,8-9,11-13H2,1-2H3,(H,22,26)(H,27,28). The summed E-state index contributed by atoms with van der Waals surface area (Å²) in [6, 6.07) is 9.61. The van der Waals surface area contributed by atoms with Crippen LogP contribution in [0.3, 0.4) is 0 Å². The lowest BCUT2D eigenvalue weighted by molar-refractivity contribution is -0.0773. The highest BCUT2D eigenvalue weighted by molar-refractivity contribution is 5.86. The number of nitrogens with one attached hydrogen (secondary N) is 1. The van der Waals surface area contributed by atoms with Gasteiger partial charge in [-0.05, 0) is 32.3 Å². The number of anilines is 1. The van der Waals surface area contributed by atoms with Gasteiger partial charge in [-0.3, -0.25) is 10.00 Å². The number of amides is 2. The highest BCUT2D eigenvalue weighted by Gasteiger charge is 2.54. The van der Waals surface area contributed by atoms with E-state index in [9.17, 15) is 9.59 Å². The number of hydrogen-bond acceptors (Lipinski definition) is 5. The number of nitrogens with zero attached hydrogens (tertiary/aromatic N) is 3. The Morgan fingerprint density at radius 1 is 1.27 bits per heavy atom. The number of aromatic nitrogens is 2. The van der Waals surface area contributed by atoms with Crippen molar-refractivity contribution in [2.75, 3.05) is 18.4 Å². The monoisotopic (exact) mass is 414 g/mol. The highest BCUT2D eigenvalue weighted by atomic mass is 16.5. The first-order chi connectivity index (χ1) is 14.3. The Morgan fingerprint density at radius 2 is 1.97 bits per heavy atom. The van der Waals surface area contributed by atoms with Gasteiger partial charge in [0, 0.05) is 18.5 Å². The number of hydrogen-bond donors (Lipinski definition) is 2. The molecule has 1 saturated carbocycles. The summed E-state index contributed by atoms with van der Waals surface area (Å²) in [5.74, 6) is 0.350. The van der Waals surface area contributed by atoms with E-state index >= 15 is 0 Å². The molecule has 1 aromatic heterocycles. The lowest BCUT2D eigenvalue weighted by atomic mass is 9.61. The van der Waals surface area contributed by atoms with Crippen LogP contribution >= 0.6 is 0 Å². The number of carbonyl (C=O) groups is 2. The fraction of sp³-hybridized carbons (Fsp3) is 0.476. The van der Waals surface area contributed by atoms with E-state index in [4.69, 9.17) is 14.6 Å². The Balaban J connectivity index is 1.37. The normalized spacial score (nSPS) is 17.4. The van der Waals surface area contributed by atoms with Gasteiger partial charge in [0.25, 0.3) is 5.88 Å². The molecule has 0 radical (unpaired) electrons. The predicted molar refractivity (Wildman–Crippen MR) is 109 cm³/mol. The third-order valence-electron chi connectivity index (χ3n) is 5.53. The van der Waals surface area contributed by atoms with Crippen LogP contribution < -0.4 is 10.1 Å². The number of rotatable bonds is 6. The molecule has 0 bridgehead atoms. The minimum absolute atomic E-state index is 0.0658. The number of likely N-dealkylation sites (tertiary alicyclic amines) is 1. The first kappa shape index (κ1) is 20.1. The summed E-state index contributed by atoms with van der Waals surface area (Å²) in [4.78, 5) is 24.7. The van der Waals surface area contributed by atoms with Crippen LogP contribution in [0.4, 0.5) is 15.3 Å². The van der Waals surface area contributed by atoms with E-state index in [1.165, 1.54) is 4.90 Å². The molecule has 160 valence electrons. The Kier molecular flexibility index (Phi) is 5.27. The van der Waals surface area contributed by atoms with E-state index in [-0.39, 0.29) is 24.2 Å². The molecular weight excluding hydrogens is 388 g/mol. The largest absolute Gasteiger partial charge is 0.472 e. The molecule has 4 rings (SSSR count). The summed E-state index contributed by atoms with van der Waals surface area (Å²) in [6.07, 6.45) is 1.93. The maximum absolute atomic E-state index is 12.3. The van der Waals surface area contributed by atoms with Crippen molar-refractivity contribution in [3.05, 3.63) is 42.1 Å². The molecule has 9 nitrogen and oxygen atoms in total. The molecule has 1 aliphatic carbocycles. The number of carbonyl (C=O) groups excluding carboxylic acids is 1. The lowest BCUT2D eigenvalue weighted by Gasteiger charge is -2.57. The summed E-state index contributed by atoms with van der Waals surface area (Å²) in [5.41, 5.74) is 1.43. The van der Waals surface area contributed by atoms with E-state index in [0.717, 1.165) is 18.4 Å². The van der Waals surface area contributed by atoms with Crippen LogP contribution in [0.5, 0.6) is 5.88 Å². The first-order valence-corrected chi connectivity index (χ1v) is 10.0. The molecule has 1 saturated heterocycles. The average molecular weight is 414 g/mol. The van der Waals surface area contributed by atoms with Crippen LogP contribution in [-0.4, -0.2) is 51.2 Å². The van der Waals surface area contributed by atoms with Crippen LogP contribution in [0.15, 0.2) is 36.5 Å². The van der Waals surface area contributed by atoms with E-state index in [1.54, 1.807) is 10.9 Å². The van der Waals surface area contributed by atoms with E-state index in [1.807, 2.05) is 44.2 Å². The third kappa shape index (κ3) is 4.19. The lowest BCUT2D eigenvalue weighted by Crippen LogP contribution is -2.63. The summed E-state index contributed by atoms with van der Waals surface area (Å²) in [6.45, 7) is 5.11. The molecule has 2 N–H and O–H groups in total. The second kappa shape index (κ2) is 7.89. The van der Waals surface area contributed by atoms with Crippen molar-refractivity contribution in [2.45, 2.75) is 45.4 Å². The topological polar surface area (TPSA) is 106 Å². The van der Waals surface area contributed by atoms with E-state index in [0.29, 0.717) is 24.7 Å². The van der Waals surface area contributed by atoms with Gasteiger partial charge in [0.05, 0.1) is 18.3 Å². The molecule has 2 fully saturated rings. The molecule has 9 heteroatoms. The van der Waals surface area contributed by atoms with Crippen molar-refractivity contribution in [1.82, 2.24) is 14.7 Å². The minimum atomic E-state index is -0.865. The molecular formula is C21H26N4O5. The molecule has 1 aromatic carbocycles. The van der Waals surface area contributed by atoms with E-state index in [2.05, 4.69) is 10.4 Å². The van der Waals surface area contributed by atoms with Gasteiger partial charge in [0.1, 0.15) is 12.3 Å². The molecule has 1 spiro atoms. The summed E-state index contributed by atoms with van der Waals surface area (Å²) >= 11 is 0. The molecule has 0 unspecified atom stereocenters. The Bertz CT molecular complexity index is 913. The molecule has 2 aromatic rings. The maximum Gasteiger partial charge on any atom is 0.412 e. The second-order valence-corrected chi connectivity index (χ2v) is 8.38. The quantitative estimate of drug-likeness (QED) is 0.746. The fourth-order valence-corrected chi connectivity index (χ4v) is 4.11. The Hall–Kier alpha value is -3.23. The van der Waals surface area contributed by atoms with Gasteiger partial charge in [-0.15, -0.1) is 5.10 Å².